The molecule has 2 amide bonds. The van der Waals surface area contributed by atoms with Gasteiger partial charge in [0.25, 0.3) is 0 Å². The lowest BCUT2D eigenvalue weighted by Crippen LogP contribution is -2.40. The van der Waals surface area contributed by atoms with Crippen molar-refractivity contribution in [3.8, 4) is 11.1 Å². The molecule has 3 N–H and O–H groups in total. The Hall–Kier alpha value is -3.35. The van der Waals surface area contributed by atoms with Crippen LogP contribution in [0, 0.1) is 5.92 Å². The van der Waals surface area contributed by atoms with Gasteiger partial charge in [-0.05, 0) is 48.4 Å². The van der Waals surface area contributed by atoms with E-state index in [9.17, 15) is 14.4 Å². The number of aliphatic carboxylic acids is 1. The van der Waals surface area contributed by atoms with Gasteiger partial charge in [0.05, 0.1) is 5.92 Å². The van der Waals surface area contributed by atoms with Crippen molar-refractivity contribution in [2.75, 3.05) is 6.61 Å². The van der Waals surface area contributed by atoms with E-state index in [1.54, 1.807) is 6.92 Å². The number of carbonyl (C=O) groups is 3. The summed E-state index contributed by atoms with van der Waals surface area (Å²) in [7, 11) is 0. The van der Waals surface area contributed by atoms with E-state index >= 15 is 0 Å². The molecule has 168 valence electrons. The summed E-state index contributed by atoms with van der Waals surface area (Å²) in [5.41, 5.74) is 4.62. The first-order valence-corrected chi connectivity index (χ1v) is 11.1. The quantitative estimate of drug-likeness (QED) is 0.614. The van der Waals surface area contributed by atoms with E-state index in [0.717, 1.165) is 11.1 Å². The molecule has 0 aliphatic heterocycles. The predicted octanol–water partition coefficient (Wildman–Crippen LogP) is 3.67. The molecule has 0 spiro atoms. The van der Waals surface area contributed by atoms with Gasteiger partial charge >= 0.3 is 12.1 Å². The molecule has 7 nitrogen and oxygen atoms in total. The van der Waals surface area contributed by atoms with Gasteiger partial charge in [0.15, 0.2) is 0 Å². The zero-order chi connectivity index (χ0) is 22.7. The van der Waals surface area contributed by atoms with E-state index in [1.807, 2.05) is 24.3 Å². The Bertz CT molecular complexity index is 975. The van der Waals surface area contributed by atoms with Crippen LogP contribution >= 0.6 is 0 Å². The van der Waals surface area contributed by atoms with Crippen LogP contribution in [0.2, 0.25) is 0 Å². The second-order valence-electron chi connectivity index (χ2n) is 8.69. The normalized spacial score (nSPS) is 20.2. The maximum atomic E-state index is 12.3. The maximum Gasteiger partial charge on any atom is 0.407 e. The number of ether oxygens (including phenoxy) is 1. The number of rotatable bonds is 7. The summed E-state index contributed by atoms with van der Waals surface area (Å²) in [6, 6.07) is 15.8. The minimum Gasteiger partial charge on any atom is -0.481 e. The van der Waals surface area contributed by atoms with Gasteiger partial charge in [0, 0.05) is 24.4 Å². The SMILES string of the molecule is CC(CC(=O)N[C@H]1CC[C@@H](C(=O)O)C1)NC(=O)OCC1c2ccccc2-c2ccccc21. The smallest absolute Gasteiger partial charge is 0.407 e. The molecule has 0 radical (unpaired) electrons. The topological polar surface area (TPSA) is 105 Å². The minimum absolute atomic E-state index is 0.0173. The van der Waals surface area contributed by atoms with Gasteiger partial charge in [-0.15, -0.1) is 0 Å². The van der Waals surface area contributed by atoms with Crippen LogP contribution in [0.15, 0.2) is 48.5 Å². The highest BCUT2D eigenvalue weighted by Crippen LogP contribution is 2.44. The Labute approximate surface area is 187 Å². The van der Waals surface area contributed by atoms with Crippen LogP contribution < -0.4 is 10.6 Å². The molecule has 2 aromatic carbocycles. The standard InChI is InChI=1S/C25H28N2O5/c1-15(12-23(28)27-17-11-10-16(13-17)24(29)30)26-25(31)32-14-22-20-8-4-2-6-18(20)19-7-3-5-9-21(19)22/h2-9,15-17,22H,10-14H2,1H3,(H,26,31)(H,27,28)(H,29,30)/t15?,16-,17+/m1/s1. The van der Waals surface area contributed by atoms with Crippen molar-refractivity contribution in [1.29, 1.82) is 0 Å². The van der Waals surface area contributed by atoms with Crippen LogP contribution in [-0.4, -0.2) is 41.8 Å². The number of fused-ring (bicyclic) bond motifs is 3. The van der Waals surface area contributed by atoms with E-state index in [1.165, 1.54) is 11.1 Å². The van der Waals surface area contributed by atoms with Gasteiger partial charge in [-0.25, -0.2) is 4.79 Å². The van der Waals surface area contributed by atoms with Crippen molar-refractivity contribution in [3.63, 3.8) is 0 Å². The molecule has 32 heavy (non-hydrogen) atoms. The van der Waals surface area contributed by atoms with E-state index in [4.69, 9.17) is 9.84 Å². The Balaban J connectivity index is 1.26. The van der Waals surface area contributed by atoms with Crippen molar-refractivity contribution in [2.24, 2.45) is 5.92 Å². The van der Waals surface area contributed by atoms with E-state index in [-0.39, 0.29) is 30.9 Å². The third-order valence-electron chi connectivity index (χ3n) is 6.35. The van der Waals surface area contributed by atoms with Crippen LogP contribution in [0.3, 0.4) is 0 Å². The Morgan fingerprint density at radius 1 is 1.03 bits per heavy atom. The van der Waals surface area contributed by atoms with E-state index in [2.05, 4.69) is 34.9 Å². The van der Waals surface area contributed by atoms with Crippen molar-refractivity contribution in [3.05, 3.63) is 59.7 Å². The lowest BCUT2D eigenvalue weighted by Gasteiger charge is -2.18. The van der Waals surface area contributed by atoms with Gasteiger partial charge in [-0.3, -0.25) is 9.59 Å². The number of carboxylic acids is 1. The Kier molecular flexibility index (Phi) is 6.44. The zero-order valence-corrected chi connectivity index (χ0v) is 18.0. The number of carbonyl (C=O) groups excluding carboxylic acids is 2. The average molecular weight is 437 g/mol. The van der Waals surface area contributed by atoms with E-state index in [0.29, 0.717) is 19.3 Å². The summed E-state index contributed by atoms with van der Waals surface area (Å²) in [6.07, 6.45) is 1.25. The number of amides is 2. The minimum atomic E-state index is -0.813. The van der Waals surface area contributed by atoms with Crippen molar-refractivity contribution < 1.29 is 24.2 Å². The third-order valence-corrected chi connectivity index (χ3v) is 6.35. The Morgan fingerprint density at radius 2 is 1.66 bits per heavy atom. The van der Waals surface area contributed by atoms with Crippen LogP contribution in [0.5, 0.6) is 0 Å². The average Bonchev–Trinajstić information content (AvgIpc) is 3.35. The van der Waals surface area contributed by atoms with Crippen LogP contribution in [-0.2, 0) is 14.3 Å². The van der Waals surface area contributed by atoms with Crippen LogP contribution in [0.1, 0.15) is 49.7 Å². The molecule has 0 heterocycles. The predicted molar refractivity (Wildman–Crippen MR) is 119 cm³/mol. The number of alkyl carbamates (subject to hydrolysis) is 1. The number of carboxylic acid groups (broad SMARTS) is 1. The number of hydrogen-bond acceptors (Lipinski definition) is 4. The fraction of sp³-hybridized carbons (Fsp3) is 0.400. The molecular formula is C25H28N2O5. The third kappa shape index (κ3) is 4.77. The molecule has 2 aliphatic rings. The van der Waals surface area contributed by atoms with Crippen molar-refractivity contribution in [2.45, 2.75) is 50.6 Å². The highest BCUT2D eigenvalue weighted by molar-refractivity contribution is 5.80. The molecule has 1 fully saturated rings. The first kappa shape index (κ1) is 21.9. The summed E-state index contributed by atoms with van der Waals surface area (Å²) < 4.78 is 5.52. The van der Waals surface area contributed by atoms with Gasteiger partial charge < -0.3 is 20.5 Å². The number of hydrogen-bond donors (Lipinski definition) is 3. The molecule has 4 rings (SSSR count). The maximum absolute atomic E-state index is 12.3. The summed E-state index contributed by atoms with van der Waals surface area (Å²) >= 11 is 0. The number of nitrogens with one attached hydrogen (secondary N) is 2. The molecule has 2 aliphatic carbocycles. The molecule has 3 atom stereocenters. The first-order chi connectivity index (χ1) is 15.4. The van der Waals surface area contributed by atoms with Crippen LogP contribution in [0.4, 0.5) is 4.79 Å². The molecule has 2 aromatic rings. The largest absolute Gasteiger partial charge is 0.481 e. The summed E-state index contributed by atoms with van der Waals surface area (Å²) in [5, 5.41) is 14.7. The van der Waals surface area contributed by atoms with Gasteiger partial charge in [0.1, 0.15) is 6.61 Å². The van der Waals surface area contributed by atoms with Gasteiger partial charge in [-0.1, -0.05) is 48.5 Å². The van der Waals surface area contributed by atoms with Crippen LogP contribution in [0.25, 0.3) is 11.1 Å². The molecule has 1 unspecified atom stereocenters. The van der Waals surface area contributed by atoms with Crippen molar-refractivity contribution in [1.82, 2.24) is 10.6 Å². The molecule has 7 heteroatoms. The fourth-order valence-corrected chi connectivity index (χ4v) is 4.79. The Morgan fingerprint density at radius 3 is 2.25 bits per heavy atom. The highest BCUT2D eigenvalue weighted by Gasteiger charge is 2.31. The second-order valence-corrected chi connectivity index (χ2v) is 8.69. The summed E-state index contributed by atoms with van der Waals surface area (Å²) in [6.45, 7) is 1.97. The molecular weight excluding hydrogens is 408 g/mol. The van der Waals surface area contributed by atoms with Crippen molar-refractivity contribution >= 4 is 18.0 Å². The monoisotopic (exact) mass is 436 g/mol. The molecule has 0 bridgehead atoms. The second kappa shape index (κ2) is 9.42. The van der Waals surface area contributed by atoms with Gasteiger partial charge in [0.2, 0.25) is 5.91 Å². The number of benzene rings is 2. The molecule has 0 aromatic heterocycles. The zero-order valence-electron chi connectivity index (χ0n) is 18.0. The first-order valence-electron chi connectivity index (χ1n) is 11.1. The summed E-state index contributed by atoms with van der Waals surface area (Å²) in [5.74, 6) is -1.42. The van der Waals surface area contributed by atoms with Gasteiger partial charge in [-0.2, -0.15) is 0 Å². The summed E-state index contributed by atoms with van der Waals surface area (Å²) in [4.78, 5) is 35.7. The lowest BCUT2D eigenvalue weighted by atomic mass is 9.98. The lowest BCUT2D eigenvalue weighted by molar-refractivity contribution is -0.141. The molecule has 1 saturated carbocycles. The highest BCUT2D eigenvalue weighted by atomic mass is 16.5. The molecule has 0 saturated heterocycles. The van der Waals surface area contributed by atoms with E-state index < -0.39 is 24.0 Å². The fourth-order valence-electron chi connectivity index (χ4n) is 4.79.